The van der Waals surface area contributed by atoms with Crippen LogP contribution in [0.5, 0.6) is 0 Å². The first kappa shape index (κ1) is 16.3. The van der Waals surface area contributed by atoms with E-state index in [2.05, 4.69) is 65.3 Å². The molecule has 0 bridgehead atoms. The Bertz CT molecular complexity index is 891. The predicted molar refractivity (Wildman–Crippen MR) is 110 cm³/mol. The summed E-state index contributed by atoms with van der Waals surface area (Å²) in [6.07, 6.45) is 2.51. The molecule has 0 N–H and O–H groups in total. The van der Waals surface area contributed by atoms with Crippen LogP contribution >= 0.6 is 11.3 Å². The minimum absolute atomic E-state index is 0.358. The van der Waals surface area contributed by atoms with Crippen LogP contribution < -0.4 is 4.90 Å². The third-order valence-corrected chi connectivity index (χ3v) is 7.22. The van der Waals surface area contributed by atoms with E-state index in [-0.39, 0.29) is 0 Å². The van der Waals surface area contributed by atoms with Crippen molar-refractivity contribution in [2.75, 3.05) is 31.1 Å². The number of nitrogens with zero attached hydrogens (tertiary/aromatic N) is 3. The standard InChI is InChI=1S/C22H25N3S/c1-2-25-16-22(17-7-3-5-9-19(17)25)11-13-24(14-12-22)15-21-23-18-8-4-6-10-20(18)26-21/h3-10H,2,11-16H2,1H3. The van der Waals surface area contributed by atoms with Gasteiger partial charge in [-0.25, -0.2) is 4.98 Å². The first-order chi connectivity index (χ1) is 12.8. The number of anilines is 1. The SMILES string of the molecule is CCN1CC2(CCN(Cc3nc4ccccc4s3)CC2)c2ccccc21. The molecule has 2 aliphatic rings. The van der Waals surface area contributed by atoms with Gasteiger partial charge in [0.05, 0.1) is 16.8 Å². The minimum Gasteiger partial charge on any atom is -0.371 e. The fourth-order valence-corrected chi connectivity index (χ4v) is 5.77. The van der Waals surface area contributed by atoms with Crippen molar-refractivity contribution in [3.63, 3.8) is 0 Å². The quantitative estimate of drug-likeness (QED) is 0.674. The summed E-state index contributed by atoms with van der Waals surface area (Å²) in [4.78, 5) is 9.99. The summed E-state index contributed by atoms with van der Waals surface area (Å²) in [7, 11) is 0. The Kier molecular flexibility index (Phi) is 3.98. The Labute approximate surface area is 159 Å². The van der Waals surface area contributed by atoms with Gasteiger partial charge in [0.25, 0.3) is 0 Å². The van der Waals surface area contributed by atoms with Crippen LogP contribution in [0, 0.1) is 0 Å². The Balaban J connectivity index is 1.32. The van der Waals surface area contributed by atoms with Crippen LogP contribution in [0.1, 0.15) is 30.3 Å². The smallest absolute Gasteiger partial charge is 0.108 e. The van der Waals surface area contributed by atoms with E-state index in [0.717, 1.165) is 18.6 Å². The van der Waals surface area contributed by atoms with E-state index >= 15 is 0 Å². The van der Waals surface area contributed by atoms with Gasteiger partial charge < -0.3 is 4.90 Å². The molecular weight excluding hydrogens is 338 g/mol. The maximum atomic E-state index is 4.83. The average Bonchev–Trinajstić information content (AvgIpc) is 3.23. The maximum Gasteiger partial charge on any atom is 0.108 e. The largest absolute Gasteiger partial charge is 0.371 e. The molecule has 1 spiro atoms. The van der Waals surface area contributed by atoms with Gasteiger partial charge in [-0.15, -0.1) is 11.3 Å². The highest BCUT2D eigenvalue weighted by Gasteiger charge is 2.43. The summed E-state index contributed by atoms with van der Waals surface area (Å²) in [5.41, 5.74) is 4.55. The summed E-state index contributed by atoms with van der Waals surface area (Å²) in [5, 5.41) is 1.25. The van der Waals surface area contributed by atoms with E-state index in [1.54, 1.807) is 5.56 Å². The first-order valence-corrected chi connectivity index (χ1v) is 10.5. The normalized spacial score (nSPS) is 19.3. The first-order valence-electron chi connectivity index (χ1n) is 9.69. The molecule has 0 atom stereocenters. The second kappa shape index (κ2) is 6.36. The summed E-state index contributed by atoms with van der Waals surface area (Å²) < 4.78 is 1.30. The Hall–Kier alpha value is -1.91. The predicted octanol–water partition coefficient (Wildman–Crippen LogP) is 4.67. The van der Waals surface area contributed by atoms with E-state index in [0.29, 0.717) is 5.41 Å². The lowest BCUT2D eigenvalue weighted by Gasteiger charge is -2.39. The molecule has 1 aromatic heterocycles. The number of benzene rings is 2. The zero-order valence-electron chi connectivity index (χ0n) is 15.3. The van der Waals surface area contributed by atoms with Gasteiger partial charge in [-0.3, -0.25) is 4.90 Å². The van der Waals surface area contributed by atoms with Crippen LogP contribution in [-0.4, -0.2) is 36.1 Å². The topological polar surface area (TPSA) is 19.4 Å². The second-order valence-corrected chi connectivity index (χ2v) is 8.78. The van der Waals surface area contributed by atoms with Crippen LogP contribution in [0.25, 0.3) is 10.2 Å². The van der Waals surface area contributed by atoms with E-state index in [1.807, 2.05) is 11.3 Å². The Morgan fingerprint density at radius 1 is 1.04 bits per heavy atom. The highest BCUT2D eigenvalue weighted by Crippen LogP contribution is 2.46. The highest BCUT2D eigenvalue weighted by molar-refractivity contribution is 7.18. The monoisotopic (exact) mass is 363 g/mol. The van der Waals surface area contributed by atoms with Gasteiger partial charge in [-0.2, -0.15) is 0 Å². The molecule has 134 valence electrons. The van der Waals surface area contributed by atoms with Crippen molar-refractivity contribution >= 4 is 27.2 Å². The number of piperidine rings is 1. The van der Waals surface area contributed by atoms with Crippen molar-refractivity contribution in [3.05, 3.63) is 59.1 Å². The summed E-state index contributed by atoms with van der Waals surface area (Å²) in [6, 6.07) is 17.6. The number of hydrogen-bond acceptors (Lipinski definition) is 4. The molecule has 26 heavy (non-hydrogen) atoms. The third kappa shape index (κ3) is 2.63. The molecule has 0 aliphatic carbocycles. The lowest BCUT2D eigenvalue weighted by Crippen LogP contribution is -2.44. The number of likely N-dealkylation sites (N-methyl/N-ethyl adjacent to an activating group) is 1. The van der Waals surface area contributed by atoms with Crippen LogP contribution in [0.2, 0.25) is 0 Å². The van der Waals surface area contributed by atoms with E-state index in [9.17, 15) is 0 Å². The van der Waals surface area contributed by atoms with Crippen molar-refractivity contribution in [2.24, 2.45) is 0 Å². The lowest BCUT2D eigenvalue weighted by atomic mass is 9.74. The van der Waals surface area contributed by atoms with Gasteiger partial charge in [0, 0.05) is 24.2 Å². The number of aromatic nitrogens is 1. The minimum atomic E-state index is 0.358. The fraction of sp³-hybridized carbons (Fsp3) is 0.409. The van der Waals surface area contributed by atoms with Crippen LogP contribution in [0.15, 0.2) is 48.5 Å². The van der Waals surface area contributed by atoms with Gasteiger partial charge >= 0.3 is 0 Å². The molecule has 2 aliphatic heterocycles. The third-order valence-electron chi connectivity index (χ3n) is 6.20. The van der Waals surface area contributed by atoms with Crippen molar-refractivity contribution in [1.29, 1.82) is 0 Å². The zero-order valence-corrected chi connectivity index (χ0v) is 16.1. The van der Waals surface area contributed by atoms with Crippen LogP contribution in [0.4, 0.5) is 5.69 Å². The maximum absolute atomic E-state index is 4.83. The molecule has 3 aromatic rings. The van der Waals surface area contributed by atoms with Gasteiger partial charge in [-0.1, -0.05) is 30.3 Å². The van der Waals surface area contributed by atoms with Gasteiger partial charge in [-0.05, 0) is 56.6 Å². The molecule has 2 aromatic carbocycles. The summed E-state index contributed by atoms with van der Waals surface area (Å²) in [5.74, 6) is 0. The van der Waals surface area contributed by atoms with Crippen molar-refractivity contribution in [1.82, 2.24) is 9.88 Å². The molecule has 1 fully saturated rings. The van der Waals surface area contributed by atoms with Crippen molar-refractivity contribution < 1.29 is 0 Å². The van der Waals surface area contributed by atoms with E-state index < -0.39 is 0 Å². The molecule has 0 saturated carbocycles. The number of hydrogen-bond donors (Lipinski definition) is 0. The molecule has 0 amide bonds. The summed E-state index contributed by atoms with van der Waals surface area (Å²) in [6.45, 7) is 7.91. The van der Waals surface area contributed by atoms with Crippen molar-refractivity contribution in [2.45, 2.75) is 31.7 Å². The Morgan fingerprint density at radius 2 is 1.81 bits per heavy atom. The fourth-order valence-electron chi connectivity index (χ4n) is 4.76. The van der Waals surface area contributed by atoms with Crippen LogP contribution in [0.3, 0.4) is 0 Å². The zero-order chi connectivity index (χ0) is 17.6. The van der Waals surface area contributed by atoms with Crippen LogP contribution in [-0.2, 0) is 12.0 Å². The molecule has 0 unspecified atom stereocenters. The molecule has 1 saturated heterocycles. The number of rotatable bonds is 3. The number of thiazole rings is 1. The van der Waals surface area contributed by atoms with Gasteiger partial charge in [0.1, 0.15) is 5.01 Å². The Morgan fingerprint density at radius 3 is 2.62 bits per heavy atom. The summed E-state index contributed by atoms with van der Waals surface area (Å²) >= 11 is 1.85. The number of para-hydroxylation sites is 2. The van der Waals surface area contributed by atoms with Gasteiger partial charge in [0.2, 0.25) is 0 Å². The molecule has 5 rings (SSSR count). The average molecular weight is 364 g/mol. The highest BCUT2D eigenvalue weighted by atomic mass is 32.1. The second-order valence-electron chi connectivity index (χ2n) is 7.66. The van der Waals surface area contributed by atoms with Crippen molar-refractivity contribution in [3.8, 4) is 0 Å². The van der Waals surface area contributed by atoms with Gasteiger partial charge in [0.15, 0.2) is 0 Å². The van der Waals surface area contributed by atoms with E-state index in [4.69, 9.17) is 4.98 Å². The molecular formula is C22H25N3S. The lowest BCUT2D eigenvalue weighted by molar-refractivity contribution is 0.160. The number of likely N-dealkylation sites (tertiary alicyclic amines) is 1. The number of fused-ring (bicyclic) bond motifs is 3. The molecule has 0 radical (unpaired) electrons. The molecule has 3 heterocycles. The molecule has 3 nitrogen and oxygen atoms in total. The van der Waals surface area contributed by atoms with E-state index in [1.165, 1.54) is 47.9 Å². The molecule has 4 heteroatoms.